The molecule has 4 N–H and O–H groups in total. The molecule has 0 saturated carbocycles. The standard InChI is InChI=1S/C22H24N10O10P2S2/c23-17-13-18(26-6-25-17)31(7-27-13)12-3-9-10(39-12)4-37-44(36,46)42-16-15(33)11(5-38-43(35,45)41-9)40-21(16)32-8-28-14-19(34)29-22-24-1-2-30(22)20(14)32/h1-2,6-12,15-16,21,33H,3-5H2,(H,35,45)(H,36,46)(H2,23,25,26)(H,24,29,34)/t9-,10+,11+,12+,15+,16+,21+,43?,44?/m0/s1. The Hall–Kier alpha value is -2.88. The number of H-pyrrole nitrogens is 1. The second kappa shape index (κ2) is 11.1. The molecule has 0 aromatic carbocycles. The molecule has 3 aliphatic heterocycles. The Bertz CT molecular complexity index is 2140. The maximum atomic E-state index is 13.6. The third-order valence-corrected chi connectivity index (χ3v) is 11.1. The highest BCUT2D eigenvalue weighted by atomic mass is 32.7. The number of hydrogen-bond donors (Lipinski definition) is 5. The second-order valence-corrected chi connectivity index (χ2v) is 16.4. The summed E-state index contributed by atoms with van der Waals surface area (Å²) in [6.45, 7) is -9.29. The number of anilines is 1. The zero-order chi connectivity index (χ0) is 32.0. The molecule has 244 valence electrons. The maximum Gasteiger partial charge on any atom is 0.386 e. The third-order valence-electron chi connectivity index (χ3n) is 7.87. The van der Waals surface area contributed by atoms with E-state index >= 15 is 0 Å². The molecule has 20 nitrogen and oxygen atoms in total. The minimum absolute atomic E-state index is 0.0359. The van der Waals surface area contributed by atoms with E-state index in [0.717, 1.165) is 0 Å². The fourth-order valence-electron chi connectivity index (χ4n) is 5.79. The molecule has 2 unspecified atom stereocenters. The summed E-state index contributed by atoms with van der Waals surface area (Å²) < 4.78 is 66.7. The first kappa shape index (κ1) is 30.5. The van der Waals surface area contributed by atoms with Crippen LogP contribution < -0.4 is 11.3 Å². The van der Waals surface area contributed by atoms with E-state index < -0.39 is 75.3 Å². The quantitative estimate of drug-likeness (QED) is 0.127. The molecule has 3 fully saturated rings. The summed E-state index contributed by atoms with van der Waals surface area (Å²) in [6.07, 6.45) is -0.801. The number of aromatic amines is 1. The van der Waals surface area contributed by atoms with Gasteiger partial charge in [-0.05, 0) is 0 Å². The van der Waals surface area contributed by atoms with E-state index in [1.54, 1.807) is 15.2 Å². The second-order valence-electron chi connectivity index (χ2n) is 10.6. The van der Waals surface area contributed by atoms with Crippen LogP contribution in [0.2, 0.25) is 0 Å². The molecule has 46 heavy (non-hydrogen) atoms. The number of nitrogens with one attached hydrogen (secondary N) is 1. The van der Waals surface area contributed by atoms with E-state index in [2.05, 4.69) is 54.4 Å². The molecule has 8 rings (SSSR count). The molecular formula is C22H24N10O10P2S2. The number of hydrogen-bond acceptors (Lipinski definition) is 16. The molecular weight excluding hydrogens is 690 g/mol. The fraction of sp³-hybridized carbons (Fsp3) is 0.455. The summed E-state index contributed by atoms with van der Waals surface area (Å²) in [6, 6.07) is 0. The minimum atomic E-state index is -4.28. The van der Waals surface area contributed by atoms with E-state index in [1.807, 2.05) is 0 Å². The summed E-state index contributed by atoms with van der Waals surface area (Å²) in [5, 5.41) is 11.3. The summed E-state index contributed by atoms with van der Waals surface area (Å²) in [5.74, 6) is 0.394. The Morgan fingerprint density at radius 3 is 2.50 bits per heavy atom. The molecule has 2 bridgehead atoms. The Kier molecular flexibility index (Phi) is 7.34. The molecule has 5 aromatic rings. The van der Waals surface area contributed by atoms with Crippen molar-refractivity contribution >= 4 is 72.0 Å². The first-order chi connectivity index (χ1) is 22.0. The van der Waals surface area contributed by atoms with Crippen LogP contribution in [0.5, 0.6) is 0 Å². The van der Waals surface area contributed by atoms with Gasteiger partial charge >= 0.3 is 13.6 Å². The van der Waals surface area contributed by atoms with Crippen LogP contribution in [0.4, 0.5) is 5.82 Å². The molecule has 24 heteroatoms. The van der Waals surface area contributed by atoms with Gasteiger partial charge in [-0.3, -0.25) is 41.4 Å². The van der Waals surface area contributed by atoms with Crippen molar-refractivity contribution in [1.29, 1.82) is 0 Å². The number of imidazole rings is 3. The lowest BCUT2D eigenvalue weighted by Gasteiger charge is -2.26. The number of ether oxygens (including phenoxy) is 2. The topological polar surface area (TPSA) is 247 Å². The summed E-state index contributed by atoms with van der Waals surface area (Å²) >= 11 is 8.32. The smallest absolute Gasteiger partial charge is 0.386 e. The molecule has 0 amide bonds. The van der Waals surface area contributed by atoms with Gasteiger partial charge in [-0.15, -0.1) is 0 Å². The predicted molar refractivity (Wildman–Crippen MR) is 162 cm³/mol. The molecule has 0 aliphatic carbocycles. The van der Waals surface area contributed by atoms with Crippen LogP contribution in [0.1, 0.15) is 18.9 Å². The van der Waals surface area contributed by atoms with Crippen molar-refractivity contribution in [2.75, 3.05) is 18.9 Å². The number of nitrogens with zero attached hydrogens (tertiary/aromatic N) is 8. The van der Waals surface area contributed by atoms with Crippen LogP contribution in [0.25, 0.3) is 28.1 Å². The highest BCUT2D eigenvalue weighted by Crippen LogP contribution is 2.60. The van der Waals surface area contributed by atoms with Crippen LogP contribution in [-0.2, 0) is 36.7 Å². The normalized spacial score (nSPS) is 35.7. The van der Waals surface area contributed by atoms with E-state index in [4.69, 9.17) is 33.3 Å². The molecule has 8 heterocycles. The molecule has 0 radical (unpaired) electrons. The molecule has 0 spiro atoms. The SMILES string of the molecule is Nc1ncnc2c1ncn2[C@H]1C[C@@H]2OP(=O)(S)OC[C@H]3O[C@@H](n4cnc5c(=O)[nH]c6nccn6c54)[C@H](OP(=O)(S)OC[C@H]2O1)[C@@H]3O. The van der Waals surface area contributed by atoms with Crippen LogP contribution >= 0.6 is 38.1 Å². The summed E-state index contributed by atoms with van der Waals surface area (Å²) in [7, 11) is 0. The van der Waals surface area contributed by atoms with Gasteiger partial charge in [-0.1, -0.05) is 24.5 Å². The van der Waals surface area contributed by atoms with Crippen LogP contribution in [0.15, 0.2) is 36.2 Å². The Morgan fingerprint density at radius 1 is 0.935 bits per heavy atom. The van der Waals surface area contributed by atoms with Gasteiger partial charge in [-0.2, -0.15) is 0 Å². The number of fused-ring (bicyclic) bond motifs is 7. The van der Waals surface area contributed by atoms with E-state index in [0.29, 0.717) is 11.2 Å². The monoisotopic (exact) mass is 714 g/mol. The number of nitrogens with two attached hydrogens (primary N) is 1. The van der Waals surface area contributed by atoms with Crippen LogP contribution in [0, 0.1) is 0 Å². The molecule has 9 atom stereocenters. The third kappa shape index (κ3) is 5.17. The zero-order valence-electron chi connectivity index (χ0n) is 23.1. The number of nitrogen functional groups attached to an aromatic ring is 1. The van der Waals surface area contributed by atoms with Crippen molar-refractivity contribution < 1.29 is 41.8 Å². The van der Waals surface area contributed by atoms with Gasteiger partial charge in [0.25, 0.3) is 5.56 Å². The van der Waals surface area contributed by atoms with Crippen molar-refractivity contribution in [3.05, 3.63) is 41.7 Å². The number of aliphatic hydroxyl groups excluding tert-OH is 1. The molecule has 3 aliphatic rings. The number of aromatic nitrogens is 9. The highest BCUT2D eigenvalue weighted by molar-refractivity contribution is 8.44. The summed E-state index contributed by atoms with van der Waals surface area (Å²) in [5.41, 5.74) is 6.42. The van der Waals surface area contributed by atoms with Crippen molar-refractivity contribution in [2.45, 2.75) is 49.4 Å². The lowest BCUT2D eigenvalue weighted by Crippen LogP contribution is -2.35. The molecule has 5 aromatic heterocycles. The predicted octanol–water partition coefficient (Wildman–Crippen LogP) is 1.23. The molecule has 3 saturated heterocycles. The zero-order valence-corrected chi connectivity index (χ0v) is 26.7. The van der Waals surface area contributed by atoms with Gasteiger partial charge in [0.05, 0.1) is 25.9 Å². The first-order valence-electron chi connectivity index (χ1n) is 13.6. The largest absolute Gasteiger partial charge is 0.387 e. The van der Waals surface area contributed by atoms with E-state index in [1.165, 1.54) is 29.7 Å². The minimum Gasteiger partial charge on any atom is -0.387 e. The summed E-state index contributed by atoms with van der Waals surface area (Å²) in [4.78, 5) is 36.0. The van der Waals surface area contributed by atoms with E-state index in [9.17, 15) is 19.0 Å². The number of aliphatic hydroxyl groups is 1. The van der Waals surface area contributed by atoms with E-state index in [-0.39, 0.29) is 29.2 Å². The maximum absolute atomic E-state index is 13.6. The van der Waals surface area contributed by atoms with Gasteiger partial charge in [0.1, 0.15) is 48.6 Å². The fourth-order valence-corrected chi connectivity index (χ4v) is 8.78. The number of thiol groups is 2. The Labute approximate surface area is 266 Å². The van der Waals surface area contributed by atoms with Crippen LogP contribution in [0.3, 0.4) is 0 Å². The van der Waals surface area contributed by atoms with Gasteiger partial charge in [-0.25, -0.2) is 34.0 Å². The van der Waals surface area contributed by atoms with Crippen molar-refractivity contribution in [1.82, 2.24) is 43.4 Å². The first-order valence-corrected chi connectivity index (χ1v) is 19.0. The van der Waals surface area contributed by atoms with Crippen LogP contribution in [-0.4, -0.2) is 92.3 Å². The van der Waals surface area contributed by atoms with Gasteiger partial charge in [0.15, 0.2) is 28.9 Å². The Morgan fingerprint density at radius 2 is 1.67 bits per heavy atom. The van der Waals surface area contributed by atoms with Gasteiger partial charge in [0.2, 0.25) is 5.78 Å². The Balaban J connectivity index is 1.12. The lowest BCUT2D eigenvalue weighted by molar-refractivity contribution is -0.0566. The van der Waals surface area contributed by atoms with Crippen molar-refractivity contribution in [3.63, 3.8) is 0 Å². The number of rotatable bonds is 2. The average molecular weight is 715 g/mol. The highest BCUT2D eigenvalue weighted by Gasteiger charge is 2.51. The van der Waals surface area contributed by atoms with Crippen molar-refractivity contribution in [3.8, 4) is 0 Å². The average Bonchev–Trinajstić information content (AvgIpc) is 3.82. The van der Waals surface area contributed by atoms with Gasteiger partial charge in [0, 0.05) is 18.8 Å². The van der Waals surface area contributed by atoms with Crippen molar-refractivity contribution in [2.24, 2.45) is 0 Å². The lowest BCUT2D eigenvalue weighted by atomic mass is 10.1. The van der Waals surface area contributed by atoms with Gasteiger partial charge < -0.3 is 20.3 Å².